The molecule has 0 aliphatic heterocycles. The van der Waals surface area contributed by atoms with E-state index in [0.717, 1.165) is 16.1 Å². The van der Waals surface area contributed by atoms with E-state index >= 15 is 0 Å². The lowest BCUT2D eigenvalue weighted by atomic mass is 10.1. The maximum Gasteiger partial charge on any atom is 0.249 e. The normalized spacial score (nSPS) is 12.1. The first kappa shape index (κ1) is 15.9. The molecule has 0 spiro atoms. The van der Waals surface area contributed by atoms with E-state index in [1.54, 1.807) is 16.8 Å². The molecule has 21 heavy (non-hydrogen) atoms. The number of hydrogen-bond donors (Lipinski definition) is 1. The second-order valence-corrected chi connectivity index (χ2v) is 5.78. The minimum Gasteiger partial charge on any atom is -0.372 e. The number of carbonyl (C=O) groups excluding carboxylic acids is 1. The lowest BCUT2D eigenvalue weighted by molar-refractivity contribution is -0.131. The molecule has 1 aromatic carbocycles. The molecule has 0 bridgehead atoms. The number of benzene rings is 1. The van der Waals surface area contributed by atoms with Crippen molar-refractivity contribution >= 4 is 28.8 Å². The minimum atomic E-state index is -0.414. The van der Waals surface area contributed by atoms with Gasteiger partial charge in [-0.3, -0.25) is 4.79 Å². The van der Waals surface area contributed by atoms with E-state index in [1.165, 1.54) is 7.11 Å². The van der Waals surface area contributed by atoms with Crippen LogP contribution in [-0.2, 0) is 16.1 Å². The van der Waals surface area contributed by atoms with Gasteiger partial charge in [-0.2, -0.15) is 0 Å². The molecule has 4 nitrogen and oxygen atoms in total. The molecule has 2 rings (SSSR count). The van der Waals surface area contributed by atoms with Crippen molar-refractivity contribution in [2.45, 2.75) is 26.0 Å². The SMILES string of the molecule is CCC(OC)C(=O)NCc1ncsc1-c1ccc(Cl)cc1. The molecule has 1 amide bonds. The van der Waals surface area contributed by atoms with Crippen LogP contribution in [0.2, 0.25) is 5.02 Å². The first-order chi connectivity index (χ1) is 10.2. The van der Waals surface area contributed by atoms with Gasteiger partial charge < -0.3 is 10.1 Å². The molecule has 1 atom stereocenters. The first-order valence-corrected chi connectivity index (χ1v) is 7.90. The van der Waals surface area contributed by atoms with Crippen molar-refractivity contribution in [3.05, 3.63) is 40.5 Å². The summed E-state index contributed by atoms with van der Waals surface area (Å²) in [6.45, 7) is 2.30. The summed E-state index contributed by atoms with van der Waals surface area (Å²) in [6, 6.07) is 7.59. The molecular weight excluding hydrogens is 308 g/mol. The third kappa shape index (κ3) is 4.03. The summed E-state index contributed by atoms with van der Waals surface area (Å²) in [4.78, 5) is 17.3. The first-order valence-electron chi connectivity index (χ1n) is 6.64. The standard InChI is InChI=1S/C15H17ClN2O2S/c1-3-13(20-2)15(19)17-8-12-14(21-9-18-12)10-4-6-11(16)7-5-10/h4-7,9,13H,3,8H2,1-2H3,(H,17,19). The highest BCUT2D eigenvalue weighted by molar-refractivity contribution is 7.13. The van der Waals surface area contributed by atoms with Gasteiger partial charge in [0.15, 0.2) is 0 Å². The van der Waals surface area contributed by atoms with Crippen LogP contribution in [0, 0.1) is 0 Å². The predicted molar refractivity (Wildman–Crippen MR) is 85.5 cm³/mol. The number of halogens is 1. The molecule has 0 aliphatic rings. The van der Waals surface area contributed by atoms with Crippen LogP contribution in [0.1, 0.15) is 19.0 Å². The quantitative estimate of drug-likeness (QED) is 0.884. The molecule has 6 heteroatoms. The average molecular weight is 325 g/mol. The summed E-state index contributed by atoms with van der Waals surface area (Å²) in [5.74, 6) is -0.116. The third-order valence-electron chi connectivity index (χ3n) is 3.13. The van der Waals surface area contributed by atoms with Gasteiger partial charge in [-0.05, 0) is 24.1 Å². The molecule has 1 aromatic heterocycles. The monoisotopic (exact) mass is 324 g/mol. The Balaban J connectivity index is 2.07. The zero-order valence-corrected chi connectivity index (χ0v) is 13.5. The summed E-state index contributed by atoms with van der Waals surface area (Å²) in [5, 5.41) is 3.56. The zero-order chi connectivity index (χ0) is 15.2. The Morgan fingerprint density at radius 3 is 2.76 bits per heavy atom. The van der Waals surface area contributed by atoms with E-state index in [-0.39, 0.29) is 5.91 Å². The Morgan fingerprint density at radius 1 is 1.43 bits per heavy atom. The van der Waals surface area contributed by atoms with E-state index < -0.39 is 6.10 Å². The largest absolute Gasteiger partial charge is 0.372 e. The number of thiazole rings is 1. The topological polar surface area (TPSA) is 51.2 Å². The number of nitrogens with zero attached hydrogens (tertiary/aromatic N) is 1. The molecule has 0 saturated carbocycles. The number of rotatable bonds is 6. The number of amides is 1. The summed E-state index contributed by atoms with van der Waals surface area (Å²) in [5.41, 5.74) is 3.67. The maximum absolute atomic E-state index is 11.9. The second-order valence-electron chi connectivity index (χ2n) is 4.49. The minimum absolute atomic E-state index is 0.116. The average Bonchev–Trinajstić information content (AvgIpc) is 2.95. The molecule has 1 heterocycles. The Bertz CT molecular complexity index is 594. The van der Waals surface area contributed by atoms with Gasteiger partial charge in [0.2, 0.25) is 5.91 Å². The summed E-state index contributed by atoms with van der Waals surface area (Å²) >= 11 is 7.44. The van der Waals surface area contributed by atoms with Gasteiger partial charge in [0.1, 0.15) is 6.10 Å². The maximum atomic E-state index is 11.9. The summed E-state index contributed by atoms with van der Waals surface area (Å²) in [7, 11) is 1.54. The highest BCUT2D eigenvalue weighted by Gasteiger charge is 2.16. The van der Waals surface area contributed by atoms with Crippen molar-refractivity contribution < 1.29 is 9.53 Å². The number of methoxy groups -OCH3 is 1. The number of aromatic nitrogens is 1. The molecule has 2 aromatic rings. The van der Waals surface area contributed by atoms with E-state index in [4.69, 9.17) is 16.3 Å². The molecule has 112 valence electrons. The Morgan fingerprint density at radius 2 is 2.14 bits per heavy atom. The van der Waals surface area contributed by atoms with Crippen molar-refractivity contribution in [3.63, 3.8) is 0 Å². The fourth-order valence-electron chi connectivity index (χ4n) is 1.97. The number of hydrogen-bond acceptors (Lipinski definition) is 4. The molecule has 0 aliphatic carbocycles. The van der Waals surface area contributed by atoms with Crippen molar-refractivity contribution in [3.8, 4) is 10.4 Å². The number of ether oxygens (including phenoxy) is 1. The van der Waals surface area contributed by atoms with Crippen LogP contribution in [0.4, 0.5) is 0 Å². The van der Waals surface area contributed by atoms with Gasteiger partial charge in [0, 0.05) is 12.1 Å². The third-order valence-corrected chi connectivity index (χ3v) is 4.30. The van der Waals surface area contributed by atoms with Gasteiger partial charge in [0.05, 0.1) is 22.6 Å². The van der Waals surface area contributed by atoms with Gasteiger partial charge in [-0.1, -0.05) is 30.7 Å². The Hall–Kier alpha value is -1.43. The fourth-order valence-corrected chi connectivity index (χ4v) is 2.92. The molecule has 1 unspecified atom stereocenters. The number of carbonyl (C=O) groups is 1. The molecule has 1 N–H and O–H groups in total. The van der Waals surface area contributed by atoms with E-state index in [2.05, 4.69) is 10.3 Å². The van der Waals surface area contributed by atoms with Gasteiger partial charge >= 0.3 is 0 Å². The van der Waals surface area contributed by atoms with Crippen LogP contribution in [0.15, 0.2) is 29.8 Å². The van der Waals surface area contributed by atoms with E-state index in [0.29, 0.717) is 18.0 Å². The van der Waals surface area contributed by atoms with Crippen molar-refractivity contribution in [2.24, 2.45) is 0 Å². The van der Waals surface area contributed by atoms with Crippen molar-refractivity contribution in [1.82, 2.24) is 10.3 Å². The summed E-state index contributed by atoms with van der Waals surface area (Å²) < 4.78 is 5.11. The molecule has 0 saturated heterocycles. The fraction of sp³-hybridized carbons (Fsp3) is 0.333. The Labute approximate surface area is 133 Å². The van der Waals surface area contributed by atoms with Crippen LogP contribution < -0.4 is 5.32 Å². The zero-order valence-electron chi connectivity index (χ0n) is 11.9. The Kier molecular flexibility index (Phi) is 5.73. The predicted octanol–water partition coefficient (Wildman–Crippen LogP) is 3.50. The number of nitrogens with one attached hydrogen (secondary N) is 1. The van der Waals surface area contributed by atoms with E-state index in [1.807, 2.05) is 31.2 Å². The van der Waals surface area contributed by atoms with Crippen LogP contribution in [0.5, 0.6) is 0 Å². The molecule has 0 radical (unpaired) electrons. The summed E-state index contributed by atoms with van der Waals surface area (Å²) in [6.07, 6.45) is 0.228. The lowest BCUT2D eigenvalue weighted by Gasteiger charge is -2.13. The smallest absolute Gasteiger partial charge is 0.249 e. The van der Waals surface area contributed by atoms with Crippen LogP contribution in [0.3, 0.4) is 0 Å². The lowest BCUT2D eigenvalue weighted by Crippen LogP contribution is -2.35. The highest BCUT2D eigenvalue weighted by atomic mass is 35.5. The molecular formula is C15H17ClN2O2S. The van der Waals surface area contributed by atoms with Crippen LogP contribution >= 0.6 is 22.9 Å². The van der Waals surface area contributed by atoms with Crippen LogP contribution in [0.25, 0.3) is 10.4 Å². The molecule has 0 fully saturated rings. The van der Waals surface area contributed by atoms with Crippen molar-refractivity contribution in [2.75, 3.05) is 7.11 Å². The van der Waals surface area contributed by atoms with Crippen LogP contribution in [-0.4, -0.2) is 24.1 Å². The van der Waals surface area contributed by atoms with Gasteiger partial charge in [-0.25, -0.2) is 4.98 Å². The van der Waals surface area contributed by atoms with E-state index in [9.17, 15) is 4.79 Å². The second kappa shape index (κ2) is 7.54. The van der Waals surface area contributed by atoms with Gasteiger partial charge in [0.25, 0.3) is 0 Å². The van der Waals surface area contributed by atoms with Crippen molar-refractivity contribution in [1.29, 1.82) is 0 Å². The highest BCUT2D eigenvalue weighted by Crippen LogP contribution is 2.28. The van der Waals surface area contributed by atoms with Gasteiger partial charge in [-0.15, -0.1) is 11.3 Å².